The van der Waals surface area contributed by atoms with Gasteiger partial charge in [-0.2, -0.15) is 13.2 Å². The second kappa shape index (κ2) is 11.4. The molecule has 0 unspecified atom stereocenters. The zero-order valence-corrected chi connectivity index (χ0v) is 20.7. The molecule has 0 heterocycles. The summed E-state index contributed by atoms with van der Waals surface area (Å²) in [6.07, 6.45) is -5.83. The number of carbonyl (C=O) groups is 3. The van der Waals surface area contributed by atoms with E-state index in [2.05, 4.69) is 10.1 Å². The molecule has 0 aliphatic carbocycles. The number of primary sulfonamides is 1. The fourth-order valence-corrected chi connectivity index (χ4v) is 4.27. The van der Waals surface area contributed by atoms with Gasteiger partial charge in [0.25, 0.3) is 5.91 Å². The van der Waals surface area contributed by atoms with E-state index in [1.54, 1.807) is 6.07 Å². The van der Waals surface area contributed by atoms with Gasteiger partial charge < -0.3 is 15.8 Å². The molecule has 0 aromatic heterocycles. The maximum Gasteiger partial charge on any atom is 0.491 e. The maximum absolute atomic E-state index is 12.9. The third kappa shape index (κ3) is 7.49. The van der Waals surface area contributed by atoms with Crippen LogP contribution in [-0.2, 0) is 30.8 Å². The predicted molar refractivity (Wildman–Crippen MR) is 133 cm³/mol. The Hall–Kier alpha value is -4.56. The molecule has 0 spiro atoms. The summed E-state index contributed by atoms with van der Waals surface area (Å²) in [7, 11) is -4.05. The number of ether oxygens (including phenoxy) is 1. The number of nitrogens with two attached hydrogens (primary N) is 2. The van der Waals surface area contributed by atoms with Crippen LogP contribution in [0.5, 0.6) is 0 Å². The minimum Gasteiger partial charge on any atom is -0.385 e. The van der Waals surface area contributed by atoms with E-state index in [1.165, 1.54) is 66.7 Å². The largest absolute Gasteiger partial charge is 0.491 e. The summed E-state index contributed by atoms with van der Waals surface area (Å²) in [5, 5.41) is 15.0. The SMILES string of the molecule is N=C(N)c1cccc(C[C@H](NC(=O)c2ccc(-c3ccccc3S(N)(=O)=O)cc2)C(=O)OC(=O)C(F)(F)F)c1. The Balaban J connectivity index is 1.87. The molecule has 0 saturated heterocycles. The van der Waals surface area contributed by atoms with Crippen LogP contribution in [0.2, 0.25) is 0 Å². The summed E-state index contributed by atoms with van der Waals surface area (Å²) < 4.78 is 65.7. The number of nitrogen functional groups attached to an aromatic ring is 1. The molecular weight excluding hydrogens is 541 g/mol. The number of nitrogens with one attached hydrogen (secondary N) is 2. The molecule has 0 aliphatic rings. The lowest BCUT2D eigenvalue weighted by Gasteiger charge is -2.18. The average Bonchev–Trinajstić information content (AvgIpc) is 2.87. The summed E-state index contributed by atoms with van der Waals surface area (Å²) in [4.78, 5) is 36.4. The van der Waals surface area contributed by atoms with Crippen molar-refractivity contribution >= 4 is 33.7 Å². The highest BCUT2D eigenvalue weighted by atomic mass is 32.2. The van der Waals surface area contributed by atoms with Crippen LogP contribution in [0.1, 0.15) is 21.5 Å². The summed E-state index contributed by atoms with van der Waals surface area (Å²) in [6, 6.07) is 15.4. The van der Waals surface area contributed by atoms with E-state index in [1.807, 2.05) is 0 Å². The van der Waals surface area contributed by atoms with Crippen molar-refractivity contribution in [2.75, 3.05) is 0 Å². The molecule has 0 fully saturated rings. The Labute approximate surface area is 220 Å². The van der Waals surface area contributed by atoms with E-state index < -0.39 is 46.5 Å². The van der Waals surface area contributed by atoms with Gasteiger partial charge in [0.05, 0.1) is 4.90 Å². The van der Waals surface area contributed by atoms with Gasteiger partial charge in [-0.25, -0.2) is 23.1 Å². The standard InChI is InChI=1S/C25H21F3N4O6S/c26-25(27,28)24(35)38-23(34)19(13-14-4-3-5-17(12-14)21(29)30)32-22(33)16-10-8-15(9-11-16)18-6-1-2-7-20(18)39(31,36)37/h1-12,19H,13H2,(H3,29,30)(H,32,33)(H2,31,36,37)/t19-/m0/s1. The smallest absolute Gasteiger partial charge is 0.385 e. The molecule has 0 saturated carbocycles. The topological polar surface area (TPSA) is 182 Å². The van der Waals surface area contributed by atoms with Crippen LogP contribution in [0.25, 0.3) is 11.1 Å². The Morgan fingerprint density at radius 3 is 2.18 bits per heavy atom. The van der Waals surface area contributed by atoms with Crippen molar-refractivity contribution in [1.29, 1.82) is 5.41 Å². The van der Waals surface area contributed by atoms with Crippen LogP contribution in [-0.4, -0.2) is 44.3 Å². The number of amidine groups is 1. The Morgan fingerprint density at radius 1 is 0.949 bits per heavy atom. The van der Waals surface area contributed by atoms with Crippen molar-refractivity contribution in [2.45, 2.75) is 23.5 Å². The van der Waals surface area contributed by atoms with Crippen molar-refractivity contribution in [2.24, 2.45) is 10.9 Å². The van der Waals surface area contributed by atoms with E-state index in [-0.39, 0.29) is 27.4 Å². The lowest BCUT2D eigenvalue weighted by atomic mass is 10.0. The van der Waals surface area contributed by atoms with Gasteiger partial charge in [0, 0.05) is 23.1 Å². The van der Waals surface area contributed by atoms with Gasteiger partial charge in [-0.05, 0) is 35.4 Å². The van der Waals surface area contributed by atoms with Gasteiger partial charge in [0.1, 0.15) is 11.9 Å². The molecule has 14 heteroatoms. The lowest BCUT2D eigenvalue weighted by Crippen LogP contribution is -2.45. The number of hydrogen-bond donors (Lipinski definition) is 4. The zero-order valence-electron chi connectivity index (χ0n) is 19.9. The van der Waals surface area contributed by atoms with Crippen LogP contribution >= 0.6 is 0 Å². The fraction of sp³-hybridized carbons (Fsp3) is 0.120. The quantitative estimate of drug-likeness (QED) is 0.140. The van der Waals surface area contributed by atoms with Crippen molar-refractivity contribution in [3.63, 3.8) is 0 Å². The second-order valence-corrected chi connectivity index (χ2v) is 9.70. The van der Waals surface area contributed by atoms with Crippen LogP contribution in [0.4, 0.5) is 13.2 Å². The molecule has 1 atom stereocenters. The van der Waals surface area contributed by atoms with E-state index in [0.717, 1.165) is 0 Å². The first-order chi connectivity index (χ1) is 18.2. The normalized spacial score (nSPS) is 12.3. The number of benzene rings is 3. The number of rotatable bonds is 8. The molecule has 204 valence electrons. The molecule has 10 nitrogen and oxygen atoms in total. The van der Waals surface area contributed by atoms with Crippen molar-refractivity contribution in [1.82, 2.24) is 5.32 Å². The molecular formula is C25H21F3N4O6S. The average molecular weight is 563 g/mol. The fourth-order valence-electron chi connectivity index (χ4n) is 3.51. The zero-order chi connectivity index (χ0) is 29.0. The Bertz CT molecular complexity index is 1540. The van der Waals surface area contributed by atoms with Crippen LogP contribution in [0.3, 0.4) is 0 Å². The predicted octanol–water partition coefficient (Wildman–Crippen LogP) is 2.26. The minimum atomic E-state index is -5.44. The van der Waals surface area contributed by atoms with E-state index >= 15 is 0 Å². The van der Waals surface area contributed by atoms with Crippen LogP contribution < -0.4 is 16.2 Å². The first-order valence-corrected chi connectivity index (χ1v) is 12.5. The number of halogens is 3. The second-order valence-electron chi connectivity index (χ2n) is 8.17. The number of esters is 2. The highest BCUT2D eigenvalue weighted by Gasteiger charge is 2.43. The molecule has 0 aliphatic heterocycles. The monoisotopic (exact) mass is 562 g/mol. The van der Waals surface area contributed by atoms with Gasteiger partial charge in [0.15, 0.2) is 0 Å². The van der Waals surface area contributed by atoms with Gasteiger partial charge in [-0.15, -0.1) is 0 Å². The Kier molecular flexibility index (Phi) is 8.51. The van der Waals surface area contributed by atoms with E-state index in [0.29, 0.717) is 11.1 Å². The third-order valence-electron chi connectivity index (χ3n) is 5.34. The maximum atomic E-state index is 12.9. The first kappa shape index (κ1) is 29.0. The molecule has 1 amide bonds. The lowest BCUT2D eigenvalue weighted by molar-refractivity contribution is -0.202. The number of amides is 1. The minimum absolute atomic E-state index is 0.0377. The van der Waals surface area contributed by atoms with Gasteiger partial charge in [-0.1, -0.05) is 48.5 Å². The van der Waals surface area contributed by atoms with Gasteiger partial charge in [0.2, 0.25) is 10.0 Å². The molecule has 3 aromatic carbocycles. The summed E-state index contributed by atoms with van der Waals surface area (Å²) >= 11 is 0. The number of alkyl halides is 3. The molecule has 39 heavy (non-hydrogen) atoms. The molecule has 3 aromatic rings. The Morgan fingerprint density at radius 2 is 1.59 bits per heavy atom. The number of hydrogen-bond acceptors (Lipinski definition) is 7. The van der Waals surface area contributed by atoms with Crippen molar-refractivity contribution in [3.8, 4) is 11.1 Å². The number of sulfonamides is 1. The van der Waals surface area contributed by atoms with Crippen LogP contribution in [0.15, 0.2) is 77.7 Å². The molecule has 6 N–H and O–H groups in total. The van der Waals surface area contributed by atoms with Crippen LogP contribution in [0, 0.1) is 5.41 Å². The summed E-state index contributed by atoms with van der Waals surface area (Å²) in [5.74, 6) is -5.61. The summed E-state index contributed by atoms with van der Waals surface area (Å²) in [6.45, 7) is 0. The van der Waals surface area contributed by atoms with Crippen molar-refractivity contribution < 1.29 is 40.7 Å². The first-order valence-electron chi connectivity index (χ1n) is 11.0. The third-order valence-corrected chi connectivity index (χ3v) is 6.31. The highest BCUT2D eigenvalue weighted by Crippen LogP contribution is 2.27. The number of carbonyl (C=O) groups excluding carboxylic acids is 3. The van der Waals surface area contributed by atoms with Gasteiger partial charge >= 0.3 is 18.1 Å². The van der Waals surface area contributed by atoms with Gasteiger partial charge in [-0.3, -0.25) is 10.2 Å². The van der Waals surface area contributed by atoms with E-state index in [9.17, 15) is 36.0 Å². The highest BCUT2D eigenvalue weighted by molar-refractivity contribution is 7.89. The molecule has 0 bridgehead atoms. The molecule has 0 radical (unpaired) electrons. The molecule has 3 rings (SSSR count). The van der Waals surface area contributed by atoms with Crippen molar-refractivity contribution in [3.05, 3.63) is 89.5 Å². The van der Waals surface area contributed by atoms with E-state index in [4.69, 9.17) is 16.3 Å². The summed E-state index contributed by atoms with van der Waals surface area (Å²) in [5.41, 5.74) is 6.63.